The largest absolute Gasteiger partial charge is 0.368 e. The second-order valence-corrected chi connectivity index (χ2v) is 7.52. The lowest BCUT2D eigenvalue weighted by molar-refractivity contribution is -0.120. The molecule has 0 radical (unpaired) electrons. The van der Waals surface area contributed by atoms with Gasteiger partial charge in [0.15, 0.2) is 0 Å². The number of hydrogen-bond acceptors (Lipinski definition) is 4. The zero-order valence-electron chi connectivity index (χ0n) is 15.5. The fraction of sp³-hybridized carbons (Fsp3) is 0.350. The Labute approximate surface area is 156 Å². The molecule has 0 saturated carbocycles. The maximum absolute atomic E-state index is 13.3. The van der Waals surface area contributed by atoms with Gasteiger partial charge in [-0.25, -0.2) is 4.98 Å². The van der Waals surface area contributed by atoms with Crippen LogP contribution in [0, 0.1) is 13.8 Å². The molecule has 2 N–H and O–H groups in total. The van der Waals surface area contributed by atoms with Crippen LogP contribution in [0.3, 0.4) is 0 Å². The van der Waals surface area contributed by atoms with Crippen LogP contribution < -0.4 is 11.3 Å². The Bertz CT molecular complexity index is 1050. The van der Waals surface area contributed by atoms with E-state index < -0.39 is 11.9 Å². The molecule has 1 aromatic carbocycles. The van der Waals surface area contributed by atoms with Crippen LogP contribution in [-0.4, -0.2) is 15.5 Å². The van der Waals surface area contributed by atoms with Crippen molar-refractivity contribution in [1.82, 2.24) is 9.55 Å². The number of hydrogen-bond donors (Lipinski definition) is 1. The summed E-state index contributed by atoms with van der Waals surface area (Å²) in [5.74, 6) is 0.0818. The van der Waals surface area contributed by atoms with Crippen molar-refractivity contribution in [2.45, 2.75) is 46.6 Å². The van der Waals surface area contributed by atoms with Crippen molar-refractivity contribution in [3.8, 4) is 11.1 Å². The number of fused-ring (bicyclic) bond motifs is 1. The predicted octanol–water partition coefficient (Wildman–Crippen LogP) is 3.74. The Balaban J connectivity index is 2.32. The summed E-state index contributed by atoms with van der Waals surface area (Å²) in [5.41, 5.74) is 9.51. The number of rotatable bonds is 5. The van der Waals surface area contributed by atoms with Gasteiger partial charge in [0.1, 0.15) is 16.7 Å². The molecule has 1 atom stereocenters. The van der Waals surface area contributed by atoms with Gasteiger partial charge in [0.05, 0.1) is 5.39 Å². The molecule has 0 saturated heterocycles. The van der Waals surface area contributed by atoms with E-state index in [1.807, 2.05) is 18.4 Å². The third-order valence-electron chi connectivity index (χ3n) is 4.80. The molecule has 3 rings (SSSR count). The molecule has 0 aliphatic carbocycles. The topological polar surface area (TPSA) is 78.0 Å². The second kappa shape index (κ2) is 7.03. The number of aromatic nitrogens is 2. The van der Waals surface area contributed by atoms with Gasteiger partial charge in [0, 0.05) is 17.4 Å². The molecule has 136 valence electrons. The monoisotopic (exact) mass is 369 g/mol. The van der Waals surface area contributed by atoms with Crippen LogP contribution in [0.2, 0.25) is 0 Å². The van der Waals surface area contributed by atoms with Crippen LogP contribution >= 0.6 is 11.3 Å². The maximum atomic E-state index is 13.3. The fourth-order valence-corrected chi connectivity index (χ4v) is 4.05. The molecule has 2 aromatic heterocycles. The fourth-order valence-electron chi connectivity index (χ4n) is 3.09. The first kappa shape index (κ1) is 18.3. The Kier molecular flexibility index (Phi) is 4.96. The lowest BCUT2D eigenvalue weighted by Gasteiger charge is -2.16. The average molecular weight is 369 g/mol. The SMILES string of the molecule is CCCc1nc2scc(-c3ccc(C)c(C)c3)c2c(=O)n1C(C)C(N)=O. The van der Waals surface area contributed by atoms with E-state index in [0.29, 0.717) is 22.5 Å². The van der Waals surface area contributed by atoms with E-state index in [9.17, 15) is 9.59 Å². The number of nitrogens with zero attached hydrogens (tertiary/aromatic N) is 2. The van der Waals surface area contributed by atoms with Gasteiger partial charge in [0.25, 0.3) is 5.56 Å². The highest BCUT2D eigenvalue weighted by molar-refractivity contribution is 7.17. The summed E-state index contributed by atoms with van der Waals surface area (Å²) in [6.07, 6.45) is 1.46. The van der Waals surface area contributed by atoms with E-state index in [4.69, 9.17) is 5.73 Å². The minimum Gasteiger partial charge on any atom is -0.368 e. The maximum Gasteiger partial charge on any atom is 0.263 e. The smallest absolute Gasteiger partial charge is 0.263 e. The molecule has 1 amide bonds. The van der Waals surface area contributed by atoms with Crippen LogP contribution in [0.1, 0.15) is 43.3 Å². The van der Waals surface area contributed by atoms with Crippen molar-refractivity contribution in [1.29, 1.82) is 0 Å². The first-order chi connectivity index (χ1) is 12.3. The van der Waals surface area contributed by atoms with E-state index in [1.54, 1.807) is 6.92 Å². The molecule has 2 heterocycles. The number of amides is 1. The molecular formula is C20H23N3O2S. The van der Waals surface area contributed by atoms with Crippen LogP contribution in [-0.2, 0) is 11.2 Å². The van der Waals surface area contributed by atoms with Gasteiger partial charge >= 0.3 is 0 Å². The summed E-state index contributed by atoms with van der Waals surface area (Å²) in [6, 6.07) is 5.43. The highest BCUT2D eigenvalue weighted by atomic mass is 32.1. The van der Waals surface area contributed by atoms with Gasteiger partial charge < -0.3 is 5.73 Å². The van der Waals surface area contributed by atoms with Crippen molar-refractivity contribution in [3.05, 3.63) is 50.9 Å². The summed E-state index contributed by atoms with van der Waals surface area (Å²) in [5, 5.41) is 2.53. The van der Waals surface area contributed by atoms with Crippen molar-refractivity contribution >= 4 is 27.5 Å². The lowest BCUT2D eigenvalue weighted by atomic mass is 10.0. The summed E-state index contributed by atoms with van der Waals surface area (Å²) in [6.45, 7) is 7.78. The van der Waals surface area contributed by atoms with E-state index in [2.05, 4.69) is 31.0 Å². The number of carbonyl (C=O) groups excluding carboxylic acids is 1. The van der Waals surface area contributed by atoms with Gasteiger partial charge in [-0.3, -0.25) is 14.2 Å². The Hall–Kier alpha value is -2.47. The van der Waals surface area contributed by atoms with Gasteiger partial charge in [-0.2, -0.15) is 0 Å². The minimum atomic E-state index is -0.728. The summed E-state index contributed by atoms with van der Waals surface area (Å²) in [7, 11) is 0. The van der Waals surface area contributed by atoms with Crippen LogP contribution in [0.25, 0.3) is 21.3 Å². The van der Waals surface area contributed by atoms with Crippen molar-refractivity contribution in [3.63, 3.8) is 0 Å². The van der Waals surface area contributed by atoms with Crippen LogP contribution in [0.4, 0.5) is 0 Å². The number of primary amides is 1. The zero-order valence-corrected chi connectivity index (χ0v) is 16.3. The molecule has 6 heteroatoms. The molecule has 5 nitrogen and oxygen atoms in total. The van der Waals surface area contributed by atoms with Crippen molar-refractivity contribution in [2.24, 2.45) is 5.73 Å². The normalized spacial score (nSPS) is 12.5. The summed E-state index contributed by atoms with van der Waals surface area (Å²) >= 11 is 1.46. The number of benzene rings is 1. The highest BCUT2D eigenvalue weighted by Crippen LogP contribution is 2.32. The van der Waals surface area contributed by atoms with Crippen LogP contribution in [0.15, 0.2) is 28.4 Å². The van der Waals surface area contributed by atoms with Crippen molar-refractivity contribution in [2.75, 3.05) is 0 Å². The van der Waals surface area contributed by atoms with Gasteiger partial charge in [-0.15, -0.1) is 11.3 Å². The quantitative estimate of drug-likeness (QED) is 0.744. The van der Waals surface area contributed by atoms with Gasteiger partial charge in [-0.1, -0.05) is 25.1 Å². The van der Waals surface area contributed by atoms with E-state index in [-0.39, 0.29) is 5.56 Å². The van der Waals surface area contributed by atoms with Crippen molar-refractivity contribution < 1.29 is 4.79 Å². The Morgan fingerprint density at radius 1 is 1.31 bits per heavy atom. The first-order valence-electron chi connectivity index (χ1n) is 8.74. The standard InChI is InChI=1S/C20H23N3O2S/c1-5-6-16-22-19-17(20(25)23(16)13(4)18(21)24)15(10-26-19)14-8-7-11(2)12(3)9-14/h7-10,13H,5-6H2,1-4H3,(H2,21,24). The summed E-state index contributed by atoms with van der Waals surface area (Å²) < 4.78 is 1.46. The molecule has 0 bridgehead atoms. The number of nitrogens with two attached hydrogens (primary N) is 1. The Morgan fingerprint density at radius 2 is 2.04 bits per heavy atom. The Morgan fingerprint density at radius 3 is 2.65 bits per heavy atom. The molecule has 0 spiro atoms. The molecule has 26 heavy (non-hydrogen) atoms. The molecule has 0 aliphatic rings. The lowest BCUT2D eigenvalue weighted by Crippen LogP contribution is -2.35. The van der Waals surface area contributed by atoms with Gasteiger partial charge in [-0.05, 0) is 43.9 Å². The first-order valence-corrected chi connectivity index (χ1v) is 9.62. The third-order valence-corrected chi connectivity index (χ3v) is 5.68. The molecule has 0 aliphatic heterocycles. The second-order valence-electron chi connectivity index (χ2n) is 6.66. The minimum absolute atomic E-state index is 0.195. The molecular weight excluding hydrogens is 346 g/mol. The molecule has 1 unspecified atom stereocenters. The number of carbonyl (C=O) groups is 1. The average Bonchev–Trinajstić information content (AvgIpc) is 3.01. The highest BCUT2D eigenvalue weighted by Gasteiger charge is 2.22. The third kappa shape index (κ3) is 3.05. The predicted molar refractivity (Wildman–Crippen MR) is 107 cm³/mol. The van der Waals surface area contributed by atoms with E-state index in [0.717, 1.165) is 17.5 Å². The number of thiophene rings is 1. The molecule has 0 fully saturated rings. The van der Waals surface area contributed by atoms with Gasteiger partial charge in [0.2, 0.25) is 5.91 Å². The zero-order chi connectivity index (χ0) is 19.0. The molecule has 3 aromatic rings. The summed E-state index contributed by atoms with van der Waals surface area (Å²) in [4.78, 5) is 30.5. The van der Waals surface area contributed by atoms with E-state index in [1.165, 1.54) is 27.0 Å². The number of aryl methyl sites for hydroxylation is 3. The van der Waals surface area contributed by atoms with Crippen LogP contribution in [0.5, 0.6) is 0 Å². The van der Waals surface area contributed by atoms with E-state index >= 15 is 0 Å².